The third-order valence-corrected chi connectivity index (χ3v) is 2.18. The maximum atomic E-state index is 13.3. The molecule has 1 amide bonds. The molecule has 1 unspecified atom stereocenters. The Morgan fingerprint density at radius 1 is 1.35 bits per heavy atom. The van der Waals surface area contributed by atoms with E-state index in [0.29, 0.717) is 12.5 Å². The number of hydrogen-bond donors (Lipinski definition) is 1. The standard InChI is InChI=1S/C13H18FNO2/c1-9(2)8-17-10(3)13(16)15-12-7-5-4-6-11(12)14/h4-7,9-10H,8H2,1-3H3,(H,15,16). The SMILES string of the molecule is CC(C)COC(C)C(=O)Nc1ccccc1F. The average molecular weight is 239 g/mol. The van der Waals surface area contributed by atoms with Gasteiger partial charge in [-0.3, -0.25) is 4.79 Å². The topological polar surface area (TPSA) is 38.3 Å². The lowest BCUT2D eigenvalue weighted by Crippen LogP contribution is -2.29. The fourth-order valence-corrected chi connectivity index (χ4v) is 1.21. The Bertz CT molecular complexity index is 379. The molecule has 17 heavy (non-hydrogen) atoms. The molecule has 4 heteroatoms. The number of hydrogen-bond acceptors (Lipinski definition) is 2. The molecule has 0 aliphatic heterocycles. The quantitative estimate of drug-likeness (QED) is 0.858. The average Bonchev–Trinajstić information content (AvgIpc) is 2.28. The lowest BCUT2D eigenvalue weighted by molar-refractivity contribution is -0.126. The second-order valence-corrected chi connectivity index (χ2v) is 4.34. The van der Waals surface area contributed by atoms with Crippen molar-refractivity contribution in [2.45, 2.75) is 26.9 Å². The molecule has 1 N–H and O–H groups in total. The molecule has 1 aromatic carbocycles. The van der Waals surface area contributed by atoms with Crippen LogP contribution in [0.5, 0.6) is 0 Å². The smallest absolute Gasteiger partial charge is 0.253 e. The Kier molecular flexibility index (Phi) is 5.10. The van der Waals surface area contributed by atoms with E-state index in [1.807, 2.05) is 13.8 Å². The molecule has 0 fully saturated rings. The lowest BCUT2D eigenvalue weighted by Gasteiger charge is -2.15. The third-order valence-electron chi connectivity index (χ3n) is 2.18. The van der Waals surface area contributed by atoms with Gasteiger partial charge in [0.25, 0.3) is 5.91 Å². The Morgan fingerprint density at radius 2 is 2.00 bits per heavy atom. The van der Waals surface area contributed by atoms with Crippen molar-refractivity contribution in [1.29, 1.82) is 0 Å². The Hall–Kier alpha value is -1.42. The number of ether oxygens (including phenoxy) is 1. The molecule has 0 heterocycles. The van der Waals surface area contributed by atoms with Crippen LogP contribution in [0.25, 0.3) is 0 Å². The monoisotopic (exact) mass is 239 g/mol. The molecule has 0 aliphatic rings. The van der Waals surface area contributed by atoms with E-state index in [1.54, 1.807) is 19.1 Å². The molecular weight excluding hydrogens is 221 g/mol. The van der Waals surface area contributed by atoms with E-state index >= 15 is 0 Å². The molecule has 0 saturated heterocycles. The van der Waals surface area contributed by atoms with Crippen LogP contribution in [0.3, 0.4) is 0 Å². The minimum absolute atomic E-state index is 0.178. The summed E-state index contributed by atoms with van der Waals surface area (Å²) in [6.45, 7) is 6.16. The van der Waals surface area contributed by atoms with E-state index < -0.39 is 11.9 Å². The van der Waals surface area contributed by atoms with Gasteiger partial charge < -0.3 is 10.1 Å². The second-order valence-electron chi connectivity index (χ2n) is 4.34. The molecule has 0 aliphatic carbocycles. The van der Waals surface area contributed by atoms with E-state index in [9.17, 15) is 9.18 Å². The Labute approximate surface area is 101 Å². The van der Waals surface area contributed by atoms with Crippen LogP contribution in [0, 0.1) is 11.7 Å². The number of nitrogens with one attached hydrogen (secondary N) is 1. The van der Waals surface area contributed by atoms with Crippen LogP contribution in [-0.4, -0.2) is 18.6 Å². The first kappa shape index (κ1) is 13.6. The summed E-state index contributed by atoms with van der Waals surface area (Å²) in [6.07, 6.45) is -0.586. The van der Waals surface area contributed by atoms with Gasteiger partial charge in [0.1, 0.15) is 11.9 Å². The normalized spacial score (nSPS) is 12.5. The van der Waals surface area contributed by atoms with Crippen LogP contribution in [-0.2, 0) is 9.53 Å². The van der Waals surface area contributed by atoms with Gasteiger partial charge in [-0.25, -0.2) is 4.39 Å². The highest BCUT2D eigenvalue weighted by molar-refractivity contribution is 5.93. The maximum Gasteiger partial charge on any atom is 0.253 e. The van der Waals surface area contributed by atoms with Crippen molar-refractivity contribution in [3.05, 3.63) is 30.1 Å². The number of carbonyl (C=O) groups excluding carboxylic acids is 1. The van der Waals surface area contributed by atoms with Crippen molar-refractivity contribution in [3.63, 3.8) is 0 Å². The minimum Gasteiger partial charge on any atom is -0.368 e. The molecule has 1 aromatic rings. The maximum absolute atomic E-state index is 13.3. The van der Waals surface area contributed by atoms with E-state index in [-0.39, 0.29) is 11.6 Å². The van der Waals surface area contributed by atoms with Crippen molar-refractivity contribution >= 4 is 11.6 Å². The number of halogens is 1. The summed E-state index contributed by atoms with van der Waals surface area (Å²) in [5.41, 5.74) is 0.178. The summed E-state index contributed by atoms with van der Waals surface area (Å²) in [4.78, 5) is 11.7. The zero-order valence-electron chi connectivity index (χ0n) is 10.4. The van der Waals surface area contributed by atoms with E-state index in [4.69, 9.17) is 4.74 Å². The Morgan fingerprint density at radius 3 is 2.59 bits per heavy atom. The number of para-hydroxylation sites is 1. The largest absolute Gasteiger partial charge is 0.368 e. The molecule has 0 saturated carbocycles. The van der Waals surface area contributed by atoms with Crippen LogP contribution in [0.4, 0.5) is 10.1 Å². The zero-order chi connectivity index (χ0) is 12.8. The van der Waals surface area contributed by atoms with Crippen LogP contribution >= 0.6 is 0 Å². The number of anilines is 1. The van der Waals surface area contributed by atoms with Crippen LogP contribution in [0.1, 0.15) is 20.8 Å². The van der Waals surface area contributed by atoms with Crippen molar-refractivity contribution in [3.8, 4) is 0 Å². The predicted molar refractivity (Wildman–Crippen MR) is 65.3 cm³/mol. The first-order valence-electron chi connectivity index (χ1n) is 5.67. The molecule has 1 rings (SSSR count). The van der Waals surface area contributed by atoms with Gasteiger partial charge >= 0.3 is 0 Å². The summed E-state index contributed by atoms with van der Waals surface area (Å²) in [5, 5.41) is 2.49. The van der Waals surface area contributed by atoms with Gasteiger partial charge in [-0.15, -0.1) is 0 Å². The molecular formula is C13H18FNO2. The van der Waals surface area contributed by atoms with Crippen molar-refractivity contribution in [2.24, 2.45) is 5.92 Å². The summed E-state index contributed by atoms with van der Waals surface area (Å²) in [7, 11) is 0. The molecule has 0 bridgehead atoms. The summed E-state index contributed by atoms with van der Waals surface area (Å²) in [6, 6.07) is 6.06. The van der Waals surface area contributed by atoms with Gasteiger partial charge in [-0.2, -0.15) is 0 Å². The van der Waals surface area contributed by atoms with Gasteiger partial charge in [-0.1, -0.05) is 26.0 Å². The molecule has 1 atom stereocenters. The lowest BCUT2D eigenvalue weighted by atomic mass is 10.2. The van der Waals surface area contributed by atoms with E-state index in [0.717, 1.165) is 0 Å². The third kappa shape index (κ3) is 4.53. The Balaban J connectivity index is 2.52. The molecule has 0 aromatic heterocycles. The summed E-state index contributed by atoms with van der Waals surface area (Å²) >= 11 is 0. The van der Waals surface area contributed by atoms with E-state index in [2.05, 4.69) is 5.32 Å². The molecule has 0 spiro atoms. The molecule has 3 nitrogen and oxygen atoms in total. The van der Waals surface area contributed by atoms with Crippen molar-refractivity contribution in [2.75, 3.05) is 11.9 Å². The number of rotatable bonds is 5. The fraction of sp³-hybridized carbons (Fsp3) is 0.462. The van der Waals surface area contributed by atoms with Crippen LogP contribution < -0.4 is 5.32 Å². The zero-order valence-corrected chi connectivity index (χ0v) is 10.4. The first-order valence-corrected chi connectivity index (χ1v) is 5.67. The summed E-state index contributed by atoms with van der Waals surface area (Å²) in [5.74, 6) is -0.425. The number of amides is 1. The fourth-order valence-electron chi connectivity index (χ4n) is 1.21. The van der Waals surface area contributed by atoms with Gasteiger partial charge in [-0.05, 0) is 25.0 Å². The van der Waals surface area contributed by atoms with Crippen molar-refractivity contribution < 1.29 is 13.9 Å². The van der Waals surface area contributed by atoms with E-state index in [1.165, 1.54) is 12.1 Å². The number of carbonyl (C=O) groups is 1. The highest BCUT2D eigenvalue weighted by Gasteiger charge is 2.15. The van der Waals surface area contributed by atoms with Crippen molar-refractivity contribution in [1.82, 2.24) is 0 Å². The predicted octanol–water partition coefficient (Wildman–Crippen LogP) is 2.83. The minimum atomic E-state index is -0.586. The van der Waals surface area contributed by atoms with Crippen LogP contribution in [0.2, 0.25) is 0 Å². The highest BCUT2D eigenvalue weighted by atomic mass is 19.1. The first-order chi connectivity index (χ1) is 8.00. The second kappa shape index (κ2) is 6.35. The van der Waals surface area contributed by atoms with Gasteiger partial charge in [0.15, 0.2) is 0 Å². The summed E-state index contributed by atoms with van der Waals surface area (Å²) < 4.78 is 18.6. The van der Waals surface area contributed by atoms with Gasteiger partial charge in [0.2, 0.25) is 0 Å². The molecule has 0 radical (unpaired) electrons. The van der Waals surface area contributed by atoms with Gasteiger partial charge in [0.05, 0.1) is 5.69 Å². The van der Waals surface area contributed by atoms with Crippen LogP contribution in [0.15, 0.2) is 24.3 Å². The molecule has 94 valence electrons. The van der Waals surface area contributed by atoms with Gasteiger partial charge in [0, 0.05) is 6.61 Å². The highest BCUT2D eigenvalue weighted by Crippen LogP contribution is 2.13. The number of benzene rings is 1.